The van der Waals surface area contributed by atoms with Gasteiger partial charge in [-0.1, -0.05) is 29.8 Å². The van der Waals surface area contributed by atoms with Gasteiger partial charge in [-0.2, -0.15) is 0 Å². The van der Waals surface area contributed by atoms with Gasteiger partial charge in [-0.05, 0) is 61.2 Å². The Morgan fingerprint density at radius 3 is 2.55 bits per heavy atom. The van der Waals surface area contributed by atoms with E-state index in [2.05, 4.69) is 22.4 Å². The summed E-state index contributed by atoms with van der Waals surface area (Å²) < 4.78 is 0. The predicted octanol–water partition coefficient (Wildman–Crippen LogP) is 5.26. The number of pyridine rings is 2. The molecular formula is C24H21N3OS. The van der Waals surface area contributed by atoms with Crippen LogP contribution in [-0.4, -0.2) is 22.1 Å². The lowest BCUT2D eigenvalue weighted by Gasteiger charge is -2.11. The van der Waals surface area contributed by atoms with E-state index in [1.165, 1.54) is 4.90 Å². The van der Waals surface area contributed by atoms with Crippen LogP contribution < -0.4 is 5.32 Å². The molecule has 0 aliphatic rings. The molecule has 0 spiro atoms. The van der Waals surface area contributed by atoms with Gasteiger partial charge < -0.3 is 5.32 Å². The Bertz CT molecular complexity index is 1160. The van der Waals surface area contributed by atoms with Crippen molar-refractivity contribution in [3.05, 3.63) is 89.6 Å². The number of thioether (sulfide) groups is 1. The van der Waals surface area contributed by atoms with Crippen molar-refractivity contribution < 1.29 is 4.79 Å². The number of aryl methyl sites for hydroxylation is 1. The molecule has 2 aromatic heterocycles. The van der Waals surface area contributed by atoms with E-state index in [1.807, 2.05) is 67.8 Å². The second kappa shape index (κ2) is 8.45. The second-order valence-corrected chi connectivity index (χ2v) is 7.70. The first-order chi connectivity index (χ1) is 14.1. The fraction of sp³-hybridized carbons (Fsp3) is 0.125. The quantitative estimate of drug-likeness (QED) is 0.465. The number of hydrogen-bond acceptors (Lipinski definition) is 4. The van der Waals surface area contributed by atoms with Crippen molar-refractivity contribution in [1.82, 2.24) is 15.3 Å². The number of rotatable bonds is 5. The molecule has 0 aliphatic carbocycles. The highest BCUT2D eigenvalue weighted by atomic mass is 32.2. The van der Waals surface area contributed by atoms with Gasteiger partial charge in [0.25, 0.3) is 5.91 Å². The minimum atomic E-state index is -0.117. The zero-order valence-electron chi connectivity index (χ0n) is 16.3. The minimum Gasteiger partial charge on any atom is -0.348 e. The summed E-state index contributed by atoms with van der Waals surface area (Å²) in [6, 6.07) is 21.7. The molecule has 5 heteroatoms. The summed E-state index contributed by atoms with van der Waals surface area (Å²) in [5.74, 6) is -0.117. The normalized spacial score (nSPS) is 10.8. The smallest absolute Gasteiger partial charge is 0.252 e. The minimum absolute atomic E-state index is 0.117. The van der Waals surface area contributed by atoms with Gasteiger partial charge in [0.2, 0.25) is 0 Å². The van der Waals surface area contributed by atoms with E-state index < -0.39 is 0 Å². The van der Waals surface area contributed by atoms with Crippen molar-refractivity contribution in [1.29, 1.82) is 0 Å². The molecule has 1 N–H and O–H groups in total. The molecule has 0 aliphatic heterocycles. The van der Waals surface area contributed by atoms with Crippen molar-refractivity contribution in [3.8, 4) is 11.4 Å². The zero-order valence-corrected chi connectivity index (χ0v) is 17.2. The number of aromatic nitrogens is 2. The van der Waals surface area contributed by atoms with Crippen LogP contribution in [0.15, 0.2) is 77.8 Å². The number of benzene rings is 2. The van der Waals surface area contributed by atoms with Gasteiger partial charge >= 0.3 is 0 Å². The predicted molar refractivity (Wildman–Crippen MR) is 119 cm³/mol. The highest BCUT2D eigenvalue weighted by Gasteiger charge is 2.14. The molecule has 4 rings (SSSR count). The maximum atomic E-state index is 13.1. The fourth-order valence-electron chi connectivity index (χ4n) is 3.19. The molecule has 0 saturated carbocycles. The van der Waals surface area contributed by atoms with Gasteiger partial charge in [-0.3, -0.25) is 9.78 Å². The highest BCUT2D eigenvalue weighted by Crippen LogP contribution is 2.25. The third-order valence-electron chi connectivity index (χ3n) is 4.75. The van der Waals surface area contributed by atoms with Crippen LogP contribution in [0.5, 0.6) is 0 Å². The van der Waals surface area contributed by atoms with E-state index in [9.17, 15) is 4.79 Å². The van der Waals surface area contributed by atoms with Crippen molar-refractivity contribution in [2.45, 2.75) is 18.4 Å². The Labute approximate surface area is 174 Å². The van der Waals surface area contributed by atoms with E-state index >= 15 is 0 Å². The van der Waals surface area contributed by atoms with Gasteiger partial charge in [-0.25, -0.2) is 4.98 Å². The third-order valence-corrected chi connectivity index (χ3v) is 5.49. The Kier molecular flexibility index (Phi) is 5.58. The number of hydrogen-bond donors (Lipinski definition) is 1. The number of nitrogens with one attached hydrogen (secondary N) is 1. The van der Waals surface area contributed by atoms with Crippen molar-refractivity contribution in [2.24, 2.45) is 0 Å². The Morgan fingerprint density at radius 2 is 1.83 bits per heavy atom. The SMILES string of the molecule is CSc1ccc(CNC(=O)c2cc(-c3ccccn3)nc3ccc(C)cc23)cc1. The van der Waals surface area contributed by atoms with E-state index in [0.717, 1.165) is 27.7 Å². The maximum absolute atomic E-state index is 13.1. The fourth-order valence-corrected chi connectivity index (χ4v) is 3.60. The summed E-state index contributed by atoms with van der Waals surface area (Å²) >= 11 is 1.70. The molecule has 2 aromatic carbocycles. The molecule has 0 radical (unpaired) electrons. The summed E-state index contributed by atoms with van der Waals surface area (Å²) in [5.41, 5.74) is 4.99. The van der Waals surface area contributed by atoms with Crippen LogP contribution in [0.4, 0.5) is 0 Å². The van der Waals surface area contributed by atoms with Crippen LogP contribution >= 0.6 is 11.8 Å². The molecule has 4 nitrogen and oxygen atoms in total. The second-order valence-electron chi connectivity index (χ2n) is 6.82. The van der Waals surface area contributed by atoms with E-state index in [-0.39, 0.29) is 5.91 Å². The standard InChI is InChI=1S/C24H21N3OS/c1-16-6-11-21-19(13-16)20(14-23(27-21)22-5-3-4-12-25-22)24(28)26-15-17-7-9-18(29-2)10-8-17/h3-14H,15H2,1-2H3,(H,26,28). The van der Waals surface area contributed by atoms with Crippen LogP contribution in [0.2, 0.25) is 0 Å². The van der Waals surface area contributed by atoms with Crippen LogP contribution in [0.25, 0.3) is 22.3 Å². The van der Waals surface area contributed by atoms with E-state index in [0.29, 0.717) is 17.8 Å². The lowest BCUT2D eigenvalue weighted by Crippen LogP contribution is -2.23. The van der Waals surface area contributed by atoms with Crippen molar-refractivity contribution in [3.63, 3.8) is 0 Å². The first-order valence-electron chi connectivity index (χ1n) is 9.38. The average Bonchev–Trinajstić information content (AvgIpc) is 2.77. The monoisotopic (exact) mass is 399 g/mol. The van der Waals surface area contributed by atoms with Gasteiger partial charge in [0.15, 0.2) is 0 Å². The third kappa shape index (κ3) is 4.30. The Hall–Kier alpha value is -3.18. The van der Waals surface area contributed by atoms with Gasteiger partial charge in [-0.15, -0.1) is 11.8 Å². The largest absolute Gasteiger partial charge is 0.348 e. The van der Waals surface area contributed by atoms with Crippen LogP contribution in [0.1, 0.15) is 21.5 Å². The first-order valence-corrected chi connectivity index (χ1v) is 10.6. The Morgan fingerprint density at radius 1 is 1.00 bits per heavy atom. The molecular weight excluding hydrogens is 378 g/mol. The molecule has 0 saturated heterocycles. The summed E-state index contributed by atoms with van der Waals surface area (Å²) in [4.78, 5) is 23.4. The lowest BCUT2D eigenvalue weighted by atomic mass is 10.0. The van der Waals surface area contributed by atoms with Crippen LogP contribution in [0, 0.1) is 6.92 Å². The summed E-state index contributed by atoms with van der Waals surface area (Å²) in [6.45, 7) is 2.49. The molecule has 0 atom stereocenters. The first kappa shape index (κ1) is 19.2. The van der Waals surface area contributed by atoms with E-state index in [1.54, 1.807) is 18.0 Å². The van der Waals surface area contributed by atoms with E-state index in [4.69, 9.17) is 4.98 Å². The molecule has 144 valence electrons. The van der Waals surface area contributed by atoms with Crippen LogP contribution in [0.3, 0.4) is 0 Å². The number of fused-ring (bicyclic) bond motifs is 1. The van der Waals surface area contributed by atoms with Gasteiger partial charge in [0.05, 0.1) is 22.5 Å². The summed E-state index contributed by atoms with van der Waals surface area (Å²) in [7, 11) is 0. The summed E-state index contributed by atoms with van der Waals surface area (Å²) in [5, 5.41) is 3.90. The summed E-state index contributed by atoms with van der Waals surface area (Å²) in [6.07, 6.45) is 3.78. The molecule has 0 fully saturated rings. The number of amides is 1. The number of carbonyl (C=O) groups excluding carboxylic acids is 1. The molecule has 29 heavy (non-hydrogen) atoms. The zero-order chi connectivity index (χ0) is 20.2. The Balaban J connectivity index is 1.68. The molecule has 2 heterocycles. The molecule has 4 aromatic rings. The molecule has 0 unspecified atom stereocenters. The number of carbonyl (C=O) groups is 1. The molecule has 0 bridgehead atoms. The molecule has 1 amide bonds. The number of nitrogens with zero attached hydrogens (tertiary/aromatic N) is 2. The van der Waals surface area contributed by atoms with Crippen LogP contribution in [-0.2, 0) is 6.54 Å². The topological polar surface area (TPSA) is 54.9 Å². The maximum Gasteiger partial charge on any atom is 0.252 e. The lowest BCUT2D eigenvalue weighted by molar-refractivity contribution is 0.0952. The average molecular weight is 400 g/mol. The highest BCUT2D eigenvalue weighted by molar-refractivity contribution is 7.98. The van der Waals surface area contributed by atoms with Gasteiger partial charge in [0, 0.05) is 23.0 Å². The van der Waals surface area contributed by atoms with Crippen molar-refractivity contribution >= 4 is 28.6 Å². The van der Waals surface area contributed by atoms with Gasteiger partial charge in [0.1, 0.15) is 0 Å². The van der Waals surface area contributed by atoms with Crippen molar-refractivity contribution in [2.75, 3.05) is 6.26 Å².